The van der Waals surface area contributed by atoms with Crippen LogP contribution in [0.15, 0.2) is 42.5 Å². The van der Waals surface area contributed by atoms with Crippen LogP contribution in [0.4, 0.5) is 5.69 Å². The molecule has 4 nitrogen and oxygen atoms in total. The Bertz CT molecular complexity index is 631. The van der Waals surface area contributed by atoms with E-state index in [1.54, 1.807) is 7.11 Å². The lowest BCUT2D eigenvalue weighted by Crippen LogP contribution is -2.21. The number of carbonyl (C=O) groups excluding carboxylic acids is 1. The number of benzene rings is 2. The van der Waals surface area contributed by atoms with Gasteiger partial charge in [0.25, 0.3) is 0 Å². The maximum atomic E-state index is 12.0. The highest BCUT2D eigenvalue weighted by atomic mass is 16.5. The van der Waals surface area contributed by atoms with Gasteiger partial charge in [-0.1, -0.05) is 18.2 Å². The third-order valence-electron chi connectivity index (χ3n) is 3.52. The molecule has 0 aliphatic carbocycles. The fourth-order valence-corrected chi connectivity index (χ4v) is 2.45. The van der Waals surface area contributed by atoms with Crippen molar-refractivity contribution in [3.05, 3.63) is 59.2 Å². The molecule has 0 spiro atoms. The summed E-state index contributed by atoms with van der Waals surface area (Å²) < 4.78 is 5.13. The molecule has 0 aromatic heterocycles. The van der Waals surface area contributed by atoms with Gasteiger partial charge >= 0.3 is 0 Å². The summed E-state index contributed by atoms with van der Waals surface area (Å²) in [5.41, 5.74) is 4.33. The predicted octanol–water partition coefficient (Wildman–Crippen LogP) is 3.43. The molecule has 0 aliphatic heterocycles. The molecule has 122 valence electrons. The number of anilines is 1. The van der Waals surface area contributed by atoms with E-state index in [9.17, 15) is 4.79 Å². The standard InChI is InChI=1S/C19H24N2O2/c1-14-10-15(2)12-17(11-14)21-19(22)8-9-20-13-16-4-6-18(23-3)7-5-16/h4-7,10-12,20H,8-9,13H2,1-3H3,(H,21,22). The topological polar surface area (TPSA) is 50.4 Å². The van der Waals surface area contributed by atoms with E-state index in [0.29, 0.717) is 13.0 Å². The predicted molar refractivity (Wildman–Crippen MR) is 93.9 cm³/mol. The number of hydrogen-bond donors (Lipinski definition) is 2. The fourth-order valence-electron chi connectivity index (χ4n) is 2.45. The molecule has 0 fully saturated rings. The van der Waals surface area contributed by atoms with Crippen molar-refractivity contribution in [2.24, 2.45) is 0 Å². The lowest BCUT2D eigenvalue weighted by Gasteiger charge is -2.09. The molecule has 23 heavy (non-hydrogen) atoms. The molecule has 0 atom stereocenters. The quantitative estimate of drug-likeness (QED) is 0.770. The Balaban J connectivity index is 1.71. The van der Waals surface area contributed by atoms with Crippen LogP contribution in [0.5, 0.6) is 5.75 Å². The third-order valence-corrected chi connectivity index (χ3v) is 3.52. The van der Waals surface area contributed by atoms with Crippen molar-refractivity contribution in [1.82, 2.24) is 5.32 Å². The number of rotatable bonds is 7. The minimum absolute atomic E-state index is 0.0252. The molecule has 0 bridgehead atoms. The molecular formula is C19H24N2O2. The zero-order valence-electron chi connectivity index (χ0n) is 14.0. The fraction of sp³-hybridized carbons (Fsp3) is 0.316. The summed E-state index contributed by atoms with van der Waals surface area (Å²) in [6.07, 6.45) is 0.448. The molecule has 0 aliphatic rings. The summed E-state index contributed by atoms with van der Waals surface area (Å²) in [7, 11) is 1.65. The highest BCUT2D eigenvalue weighted by Crippen LogP contribution is 2.14. The summed E-state index contributed by atoms with van der Waals surface area (Å²) in [6, 6.07) is 14.0. The van der Waals surface area contributed by atoms with Crippen LogP contribution in [0, 0.1) is 13.8 Å². The molecule has 0 radical (unpaired) electrons. The molecule has 4 heteroatoms. The molecule has 0 heterocycles. The monoisotopic (exact) mass is 312 g/mol. The van der Waals surface area contributed by atoms with Gasteiger partial charge in [0.2, 0.25) is 5.91 Å². The summed E-state index contributed by atoms with van der Waals surface area (Å²) in [4.78, 5) is 12.0. The van der Waals surface area contributed by atoms with E-state index in [4.69, 9.17) is 4.74 Å². The second kappa shape index (κ2) is 8.34. The number of ether oxygens (including phenoxy) is 1. The molecule has 2 rings (SSSR count). The van der Waals surface area contributed by atoms with E-state index in [1.165, 1.54) is 5.56 Å². The highest BCUT2D eigenvalue weighted by molar-refractivity contribution is 5.91. The summed E-state index contributed by atoms with van der Waals surface area (Å²) in [5.74, 6) is 0.874. The van der Waals surface area contributed by atoms with Gasteiger partial charge in [0, 0.05) is 25.2 Å². The minimum atomic E-state index is 0.0252. The van der Waals surface area contributed by atoms with Gasteiger partial charge < -0.3 is 15.4 Å². The van der Waals surface area contributed by atoms with E-state index in [0.717, 1.165) is 29.1 Å². The molecular weight excluding hydrogens is 288 g/mol. The zero-order chi connectivity index (χ0) is 16.7. The summed E-state index contributed by atoms with van der Waals surface area (Å²) in [5, 5.41) is 6.22. The highest BCUT2D eigenvalue weighted by Gasteiger charge is 2.03. The first-order chi connectivity index (χ1) is 11.1. The molecule has 2 aromatic carbocycles. The third kappa shape index (κ3) is 5.75. The first-order valence-electron chi connectivity index (χ1n) is 7.78. The van der Waals surface area contributed by atoms with E-state index in [1.807, 2.05) is 50.2 Å². The van der Waals surface area contributed by atoms with Crippen LogP contribution in [0.3, 0.4) is 0 Å². The van der Waals surface area contributed by atoms with Gasteiger partial charge in [-0.2, -0.15) is 0 Å². The van der Waals surface area contributed by atoms with Crippen molar-refractivity contribution in [2.75, 3.05) is 19.0 Å². The van der Waals surface area contributed by atoms with Crippen LogP contribution < -0.4 is 15.4 Å². The number of carbonyl (C=O) groups is 1. The SMILES string of the molecule is COc1ccc(CNCCC(=O)Nc2cc(C)cc(C)c2)cc1. The van der Waals surface area contributed by atoms with Gasteiger partial charge in [-0.15, -0.1) is 0 Å². The van der Waals surface area contributed by atoms with Crippen LogP contribution >= 0.6 is 0 Å². The zero-order valence-corrected chi connectivity index (χ0v) is 14.0. The van der Waals surface area contributed by atoms with Crippen LogP contribution in [-0.2, 0) is 11.3 Å². The molecule has 1 amide bonds. The van der Waals surface area contributed by atoms with Gasteiger partial charge in [-0.25, -0.2) is 0 Å². The summed E-state index contributed by atoms with van der Waals surface area (Å²) >= 11 is 0. The van der Waals surface area contributed by atoms with Crippen LogP contribution in [0.25, 0.3) is 0 Å². The maximum absolute atomic E-state index is 12.0. The van der Waals surface area contributed by atoms with E-state index >= 15 is 0 Å². The smallest absolute Gasteiger partial charge is 0.225 e. The number of amides is 1. The normalized spacial score (nSPS) is 10.4. The molecule has 2 aromatic rings. The molecule has 0 unspecified atom stereocenters. The largest absolute Gasteiger partial charge is 0.497 e. The van der Waals surface area contributed by atoms with Gasteiger partial charge in [0.1, 0.15) is 5.75 Å². The molecule has 0 saturated carbocycles. The molecule has 2 N–H and O–H groups in total. The number of aryl methyl sites for hydroxylation is 2. The first kappa shape index (κ1) is 17.0. The minimum Gasteiger partial charge on any atom is -0.497 e. The van der Waals surface area contributed by atoms with E-state index in [-0.39, 0.29) is 5.91 Å². The number of hydrogen-bond acceptors (Lipinski definition) is 3. The first-order valence-corrected chi connectivity index (χ1v) is 7.78. The Labute approximate surface area is 137 Å². The van der Waals surface area contributed by atoms with E-state index < -0.39 is 0 Å². The number of nitrogens with one attached hydrogen (secondary N) is 2. The van der Waals surface area contributed by atoms with Gasteiger partial charge in [0.05, 0.1) is 7.11 Å². The Morgan fingerprint density at radius 1 is 1.04 bits per heavy atom. The van der Waals surface area contributed by atoms with Crippen molar-refractivity contribution < 1.29 is 9.53 Å². The second-order valence-electron chi connectivity index (χ2n) is 5.70. The van der Waals surface area contributed by atoms with Crippen molar-refractivity contribution in [2.45, 2.75) is 26.8 Å². The van der Waals surface area contributed by atoms with Crippen LogP contribution in [0.1, 0.15) is 23.1 Å². The van der Waals surface area contributed by atoms with Crippen molar-refractivity contribution >= 4 is 11.6 Å². The Morgan fingerprint density at radius 3 is 2.30 bits per heavy atom. The average molecular weight is 312 g/mol. The lowest BCUT2D eigenvalue weighted by molar-refractivity contribution is -0.116. The second-order valence-corrected chi connectivity index (χ2v) is 5.70. The van der Waals surface area contributed by atoms with Crippen LogP contribution in [0.2, 0.25) is 0 Å². The number of methoxy groups -OCH3 is 1. The van der Waals surface area contributed by atoms with Gasteiger partial charge in [-0.05, 0) is 54.8 Å². The van der Waals surface area contributed by atoms with Crippen molar-refractivity contribution in [1.29, 1.82) is 0 Å². The van der Waals surface area contributed by atoms with Gasteiger partial charge in [-0.3, -0.25) is 4.79 Å². The lowest BCUT2D eigenvalue weighted by atomic mass is 10.1. The van der Waals surface area contributed by atoms with Crippen LogP contribution in [-0.4, -0.2) is 19.6 Å². The van der Waals surface area contributed by atoms with Gasteiger partial charge in [0.15, 0.2) is 0 Å². The molecule has 0 saturated heterocycles. The Morgan fingerprint density at radius 2 is 1.70 bits per heavy atom. The summed E-state index contributed by atoms with van der Waals surface area (Å²) in [6.45, 7) is 5.43. The van der Waals surface area contributed by atoms with E-state index in [2.05, 4.69) is 16.7 Å². The van der Waals surface area contributed by atoms with Crippen molar-refractivity contribution in [3.8, 4) is 5.75 Å². The Kier molecular flexibility index (Phi) is 6.18. The maximum Gasteiger partial charge on any atom is 0.225 e. The average Bonchev–Trinajstić information content (AvgIpc) is 2.51. The Hall–Kier alpha value is -2.33. The van der Waals surface area contributed by atoms with Crippen molar-refractivity contribution in [3.63, 3.8) is 0 Å².